The van der Waals surface area contributed by atoms with Crippen molar-refractivity contribution in [2.24, 2.45) is 0 Å². The lowest BCUT2D eigenvalue weighted by Gasteiger charge is -2.04. The molecular weight excluding hydrogens is 248 g/mol. The molecule has 0 fully saturated rings. The highest BCUT2D eigenvalue weighted by atomic mass is 35.5. The van der Waals surface area contributed by atoms with Crippen molar-refractivity contribution in [1.82, 2.24) is 4.98 Å². The quantitative estimate of drug-likeness (QED) is 0.883. The first-order valence-corrected chi connectivity index (χ1v) is 5.62. The van der Waals surface area contributed by atoms with Crippen LogP contribution in [0.15, 0.2) is 29.8 Å². The van der Waals surface area contributed by atoms with Crippen LogP contribution >= 0.6 is 22.9 Å². The number of halogens is 1. The smallest absolute Gasteiger partial charge is 0.357 e. The molecule has 0 aliphatic rings. The van der Waals surface area contributed by atoms with Crippen molar-refractivity contribution < 1.29 is 9.90 Å². The zero-order valence-corrected chi connectivity index (χ0v) is 9.55. The van der Waals surface area contributed by atoms with E-state index in [2.05, 4.69) is 10.3 Å². The standard InChI is InChI=1S/C10H7ClN2O2S/c11-6-2-1-3-7(4-6)13-9-8(10(14)15)12-5-16-9/h1-5,13H,(H,14,15). The predicted molar refractivity (Wildman–Crippen MR) is 63.8 cm³/mol. The van der Waals surface area contributed by atoms with Gasteiger partial charge in [0.15, 0.2) is 5.69 Å². The molecule has 82 valence electrons. The van der Waals surface area contributed by atoms with Gasteiger partial charge in [0.2, 0.25) is 0 Å². The number of thiazole rings is 1. The van der Waals surface area contributed by atoms with Crippen LogP contribution in [0.1, 0.15) is 10.5 Å². The molecule has 0 atom stereocenters. The molecule has 2 N–H and O–H groups in total. The summed E-state index contributed by atoms with van der Waals surface area (Å²) in [5.74, 6) is -1.05. The first-order valence-electron chi connectivity index (χ1n) is 4.36. The Hall–Kier alpha value is -1.59. The van der Waals surface area contributed by atoms with Crippen LogP contribution in [0.25, 0.3) is 0 Å². The van der Waals surface area contributed by atoms with Crippen LogP contribution in [0.5, 0.6) is 0 Å². The van der Waals surface area contributed by atoms with Gasteiger partial charge in [-0.3, -0.25) is 0 Å². The third kappa shape index (κ3) is 2.32. The van der Waals surface area contributed by atoms with Crippen LogP contribution in [0.2, 0.25) is 5.02 Å². The van der Waals surface area contributed by atoms with Crippen molar-refractivity contribution in [3.63, 3.8) is 0 Å². The lowest BCUT2D eigenvalue weighted by atomic mass is 10.3. The molecule has 0 aliphatic heterocycles. The molecule has 1 aromatic carbocycles. The second kappa shape index (κ2) is 4.51. The van der Waals surface area contributed by atoms with Crippen molar-refractivity contribution in [1.29, 1.82) is 0 Å². The fourth-order valence-electron chi connectivity index (χ4n) is 1.18. The Bertz CT molecular complexity index is 527. The minimum atomic E-state index is -1.05. The van der Waals surface area contributed by atoms with Gasteiger partial charge >= 0.3 is 5.97 Å². The normalized spacial score (nSPS) is 10.1. The topological polar surface area (TPSA) is 62.2 Å². The summed E-state index contributed by atoms with van der Waals surface area (Å²) in [4.78, 5) is 14.6. The van der Waals surface area contributed by atoms with Crippen LogP contribution in [0.3, 0.4) is 0 Å². The summed E-state index contributed by atoms with van der Waals surface area (Å²) in [6, 6.07) is 7.05. The maximum atomic E-state index is 10.8. The van der Waals surface area contributed by atoms with Crippen LogP contribution in [0, 0.1) is 0 Å². The molecule has 0 saturated carbocycles. The van der Waals surface area contributed by atoms with Crippen LogP contribution in [0.4, 0.5) is 10.7 Å². The lowest BCUT2D eigenvalue weighted by Crippen LogP contribution is -2.00. The fourth-order valence-corrected chi connectivity index (χ4v) is 2.07. The van der Waals surface area contributed by atoms with Crippen molar-refractivity contribution in [2.75, 3.05) is 5.32 Å². The summed E-state index contributed by atoms with van der Waals surface area (Å²) < 4.78 is 0. The second-order valence-electron chi connectivity index (χ2n) is 2.97. The van der Waals surface area contributed by atoms with Crippen LogP contribution < -0.4 is 5.32 Å². The summed E-state index contributed by atoms with van der Waals surface area (Å²) in [6.07, 6.45) is 0. The highest BCUT2D eigenvalue weighted by Crippen LogP contribution is 2.26. The number of rotatable bonds is 3. The number of carboxylic acids is 1. The molecule has 2 aromatic rings. The van der Waals surface area contributed by atoms with E-state index in [4.69, 9.17) is 16.7 Å². The Morgan fingerprint density at radius 1 is 1.50 bits per heavy atom. The lowest BCUT2D eigenvalue weighted by molar-refractivity contribution is 0.0692. The summed E-state index contributed by atoms with van der Waals surface area (Å²) in [6.45, 7) is 0. The van der Waals surface area contributed by atoms with Gasteiger partial charge in [0, 0.05) is 10.7 Å². The van der Waals surface area contributed by atoms with Gasteiger partial charge in [-0.15, -0.1) is 11.3 Å². The predicted octanol–water partition coefficient (Wildman–Crippen LogP) is 3.24. The van der Waals surface area contributed by atoms with Gasteiger partial charge in [-0.25, -0.2) is 9.78 Å². The Labute approximate surface area is 101 Å². The molecule has 16 heavy (non-hydrogen) atoms. The zero-order valence-electron chi connectivity index (χ0n) is 7.98. The molecular formula is C10H7ClN2O2S. The van der Waals surface area contributed by atoms with E-state index in [-0.39, 0.29) is 5.69 Å². The molecule has 0 unspecified atom stereocenters. The van der Waals surface area contributed by atoms with E-state index in [1.165, 1.54) is 16.8 Å². The van der Waals surface area contributed by atoms with Crippen LogP contribution in [-0.2, 0) is 0 Å². The Morgan fingerprint density at radius 3 is 3.00 bits per heavy atom. The van der Waals surface area contributed by atoms with E-state index in [0.29, 0.717) is 10.0 Å². The van der Waals surface area contributed by atoms with Crippen molar-refractivity contribution >= 4 is 39.6 Å². The van der Waals surface area contributed by atoms with Gasteiger partial charge in [0.1, 0.15) is 5.00 Å². The van der Waals surface area contributed by atoms with E-state index < -0.39 is 5.97 Å². The van der Waals surface area contributed by atoms with Gasteiger partial charge in [0.05, 0.1) is 5.51 Å². The van der Waals surface area contributed by atoms with E-state index in [1.807, 2.05) is 0 Å². The maximum absolute atomic E-state index is 10.8. The Kier molecular flexibility index (Phi) is 3.07. The number of hydrogen-bond acceptors (Lipinski definition) is 4. The number of aromatic nitrogens is 1. The third-order valence-electron chi connectivity index (χ3n) is 1.85. The average Bonchev–Trinajstić information content (AvgIpc) is 2.66. The third-order valence-corrected chi connectivity index (χ3v) is 2.83. The molecule has 0 aliphatic carbocycles. The first kappa shape index (κ1) is 10.9. The number of anilines is 2. The number of benzene rings is 1. The molecule has 2 rings (SSSR count). The number of aromatic carboxylic acids is 1. The minimum Gasteiger partial charge on any atom is -0.476 e. The molecule has 6 heteroatoms. The molecule has 0 saturated heterocycles. The van der Waals surface area contributed by atoms with Crippen LogP contribution in [-0.4, -0.2) is 16.1 Å². The van der Waals surface area contributed by atoms with E-state index in [0.717, 1.165) is 5.69 Å². The average molecular weight is 255 g/mol. The summed E-state index contributed by atoms with van der Waals surface area (Å²) in [7, 11) is 0. The van der Waals surface area contributed by atoms with Gasteiger partial charge in [0.25, 0.3) is 0 Å². The monoisotopic (exact) mass is 254 g/mol. The highest BCUT2D eigenvalue weighted by Gasteiger charge is 2.13. The SMILES string of the molecule is O=C(O)c1ncsc1Nc1cccc(Cl)c1. The summed E-state index contributed by atoms with van der Waals surface area (Å²) in [5, 5.41) is 12.9. The van der Waals surface area contributed by atoms with Gasteiger partial charge < -0.3 is 10.4 Å². The van der Waals surface area contributed by atoms with E-state index in [1.54, 1.807) is 24.3 Å². The minimum absolute atomic E-state index is 0.0185. The van der Waals surface area contributed by atoms with Gasteiger partial charge in [-0.05, 0) is 18.2 Å². The zero-order chi connectivity index (χ0) is 11.5. The Morgan fingerprint density at radius 2 is 2.31 bits per heavy atom. The van der Waals surface area contributed by atoms with Crippen molar-refractivity contribution in [3.8, 4) is 0 Å². The molecule has 1 heterocycles. The van der Waals surface area contributed by atoms with Gasteiger partial charge in [-0.1, -0.05) is 17.7 Å². The van der Waals surface area contributed by atoms with Crippen molar-refractivity contribution in [2.45, 2.75) is 0 Å². The maximum Gasteiger partial charge on any atom is 0.357 e. The molecule has 0 spiro atoms. The number of hydrogen-bond donors (Lipinski definition) is 2. The van der Waals surface area contributed by atoms with E-state index in [9.17, 15) is 4.79 Å². The highest BCUT2D eigenvalue weighted by molar-refractivity contribution is 7.14. The molecule has 4 nitrogen and oxygen atoms in total. The molecule has 0 amide bonds. The van der Waals surface area contributed by atoms with E-state index >= 15 is 0 Å². The second-order valence-corrected chi connectivity index (χ2v) is 4.26. The molecule has 0 bridgehead atoms. The molecule has 1 aromatic heterocycles. The van der Waals surface area contributed by atoms with Gasteiger partial charge in [-0.2, -0.15) is 0 Å². The fraction of sp³-hybridized carbons (Fsp3) is 0. The number of carbonyl (C=O) groups is 1. The number of carboxylic acid groups (broad SMARTS) is 1. The van der Waals surface area contributed by atoms with Crippen molar-refractivity contribution in [3.05, 3.63) is 40.5 Å². The Balaban J connectivity index is 2.27. The number of nitrogens with one attached hydrogen (secondary N) is 1. The number of nitrogens with zero attached hydrogens (tertiary/aromatic N) is 1. The summed E-state index contributed by atoms with van der Waals surface area (Å²) >= 11 is 7.05. The first-order chi connectivity index (χ1) is 7.66. The summed E-state index contributed by atoms with van der Waals surface area (Å²) in [5.41, 5.74) is 2.24. The largest absolute Gasteiger partial charge is 0.476 e. The molecule has 0 radical (unpaired) electrons.